The summed E-state index contributed by atoms with van der Waals surface area (Å²) in [5.41, 5.74) is 2.46. The highest BCUT2D eigenvalue weighted by atomic mass is 32.1. The standard InChI is InChI=1S/C21H24BNO3S/c1-20(2)21(3,4)26-22(25-20)16-11-8-12-17-19(16)27-18(23-17)14-24-13-15-9-6-5-7-10-15/h5-12H,13-14H2,1-4H3. The van der Waals surface area contributed by atoms with Crippen LogP contribution in [0.1, 0.15) is 38.3 Å². The van der Waals surface area contributed by atoms with Crippen LogP contribution < -0.4 is 5.46 Å². The van der Waals surface area contributed by atoms with E-state index in [9.17, 15) is 0 Å². The second-order valence-corrected chi connectivity index (χ2v) is 8.95. The third kappa shape index (κ3) is 3.67. The van der Waals surface area contributed by atoms with Crippen molar-refractivity contribution in [3.05, 3.63) is 59.1 Å². The first-order valence-corrected chi connectivity index (χ1v) is 10.0. The van der Waals surface area contributed by atoms with Gasteiger partial charge in [0, 0.05) is 5.46 Å². The number of fused-ring (bicyclic) bond motifs is 1. The first-order valence-electron chi connectivity index (χ1n) is 9.21. The molecule has 27 heavy (non-hydrogen) atoms. The number of thiazole rings is 1. The fourth-order valence-electron chi connectivity index (χ4n) is 3.06. The molecule has 0 saturated carbocycles. The fourth-order valence-corrected chi connectivity index (χ4v) is 4.09. The van der Waals surface area contributed by atoms with Gasteiger partial charge in [0.15, 0.2) is 0 Å². The van der Waals surface area contributed by atoms with Gasteiger partial charge in [-0.25, -0.2) is 4.98 Å². The Kier molecular flexibility index (Phi) is 4.85. The molecule has 1 aliphatic heterocycles. The van der Waals surface area contributed by atoms with E-state index in [-0.39, 0.29) is 18.3 Å². The molecule has 0 amide bonds. The van der Waals surface area contributed by atoms with Gasteiger partial charge in [-0.1, -0.05) is 42.5 Å². The maximum atomic E-state index is 6.23. The van der Waals surface area contributed by atoms with Gasteiger partial charge in [-0.05, 0) is 39.3 Å². The summed E-state index contributed by atoms with van der Waals surface area (Å²) in [6, 6.07) is 16.3. The molecule has 0 aliphatic carbocycles. The van der Waals surface area contributed by atoms with Crippen molar-refractivity contribution in [1.29, 1.82) is 0 Å². The van der Waals surface area contributed by atoms with E-state index in [0.717, 1.165) is 26.3 Å². The van der Waals surface area contributed by atoms with E-state index in [2.05, 4.69) is 45.9 Å². The lowest BCUT2D eigenvalue weighted by molar-refractivity contribution is 0.00578. The lowest BCUT2D eigenvalue weighted by Gasteiger charge is -2.32. The summed E-state index contributed by atoms with van der Waals surface area (Å²) < 4.78 is 19.4. The lowest BCUT2D eigenvalue weighted by Crippen LogP contribution is -2.41. The Bertz CT molecular complexity index is 923. The first-order chi connectivity index (χ1) is 12.9. The van der Waals surface area contributed by atoms with Gasteiger partial charge in [-0.2, -0.15) is 0 Å². The largest absolute Gasteiger partial charge is 0.496 e. The molecule has 1 saturated heterocycles. The van der Waals surface area contributed by atoms with Gasteiger partial charge < -0.3 is 14.0 Å². The van der Waals surface area contributed by atoms with E-state index in [1.165, 1.54) is 0 Å². The summed E-state index contributed by atoms with van der Waals surface area (Å²) in [6.45, 7) is 9.37. The number of aromatic nitrogens is 1. The predicted octanol–water partition coefficient (Wildman–Crippen LogP) is 4.31. The molecule has 0 spiro atoms. The molecule has 1 aromatic heterocycles. The maximum Gasteiger partial charge on any atom is 0.496 e. The molecular weight excluding hydrogens is 357 g/mol. The number of hydrogen-bond donors (Lipinski definition) is 0. The summed E-state index contributed by atoms with van der Waals surface area (Å²) in [4.78, 5) is 4.73. The third-order valence-corrected chi connectivity index (χ3v) is 6.43. The molecule has 1 fully saturated rings. The number of benzene rings is 2. The van der Waals surface area contributed by atoms with Crippen LogP contribution in [-0.2, 0) is 27.3 Å². The second-order valence-electron chi connectivity index (χ2n) is 7.87. The van der Waals surface area contributed by atoms with Crippen molar-refractivity contribution in [2.75, 3.05) is 0 Å². The van der Waals surface area contributed by atoms with Crippen LogP contribution in [0.4, 0.5) is 0 Å². The van der Waals surface area contributed by atoms with Gasteiger partial charge in [0.25, 0.3) is 0 Å². The molecule has 4 nitrogen and oxygen atoms in total. The van der Waals surface area contributed by atoms with Crippen molar-refractivity contribution in [3.63, 3.8) is 0 Å². The van der Waals surface area contributed by atoms with Crippen LogP contribution in [0.5, 0.6) is 0 Å². The summed E-state index contributed by atoms with van der Waals surface area (Å²) >= 11 is 1.65. The third-order valence-electron chi connectivity index (χ3n) is 5.33. The molecule has 0 N–H and O–H groups in total. The summed E-state index contributed by atoms with van der Waals surface area (Å²) in [5, 5.41) is 0.963. The molecule has 0 bridgehead atoms. The first kappa shape index (κ1) is 18.6. The van der Waals surface area contributed by atoms with Gasteiger partial charge in [0.05, 0.1) is 34.6 Å². The molecule has 2 heterocycles. The average Bonchev–Trinajstić information content (AvgIpc) is 3.13. The van der Waals surface area contributed by atoms with E-state index in [1.807, 2.05) is 30.3 Å². The van der Waals surface area contributed by atoms with Gasteiger partial charge in [0.2, 0.25) is 0 Å². The molecule has 6 heteroatoms. The maximum absolute atomic E-state index is 6.23. The Balaban J connectivity index is 1.52. The number of hydrogen-bond acceptors (Lipinski definition) is 5. The second kappa shape index (κ2) is 7.02. The molecular formula is C21H24BNO3S. The van der Waals surface area contributed by atoms with Gasteiger partial charge >= 0.3 is 7.12 Å². The average molecular weight is 381 g/mol. The van der Waals surface area contributed by atoms with E-state index in [4.69, 9.17) is 19.0 Å². The van der Waals surface area contributed by atoms with Crippen LogP contribution in [-0.4, -0.2) is 23.3 Å². The normalized spacial score (nSPS) is 18.3. The monoisotopic (exact) mass is 381 g/mol. The molecule has 0 unspecified atom stereocenters. The molecule has 0 atom stereocenters. The Morgan fingerprint density at radius 2 is 1.63 bits per heavy atom. The smallest absolute Gasteiger partial charge is 0.399 e. The van der Waals surface area contributed by atoms with Crippen LogP contribution in [0, 0.1) is 0 Å². The highest BCUT2D eigenvalue weighted by Crippen LogP contribution is 2.37. The van der Waals surface area contributed by atoms with Crippen LogP contribution in [0.3, 0.4) is 0 Å². The summed E-state index contributed by atoms with van der Waals surface area (Å²) in [5.74, 6) is 0. The summed E-state index contributed by atoms with van der Waals surface area (Å²) in [6.07, 6.45) is 0. The molecule has 140 valence electrons. The van der Waals surface area contributed by atoms with Crippen LogP contribution in [0.2, 0.25) is 0 Å². The van der Waals surface area contributed by atoms with Crippen molar-refractivity contribution in [2.24, 2.45) is 0 Å². The van der Waals surface area contributed by atoms with Crippen molar-refractivity contribution >= 4 is 34.1 Å². The zero-order valence-corrected chi connectivity index (χ0v) is 17.0. The van der Waals surface area contributed by atoms with Crippen LogP contribution in [0.25, 0.3) is 10.2 Å². The Labute approximate surface area is 164 Å². The topological polar surface area (TPSA) is 40.6 Å². The van der Waals surface area contributed by atoms with Crippen molar-refractivity contribution < 1.29 is 14.0 Å². The SMILES string of the molecule is CC1(C)OB(c2cccc3nc(COCc4ccccc4)sc23)OC1(C)C. The van der Waals surface area contributed by atoms with E-state index in [1.54, 1.807) is 11.3 Å². The number of nitrogens with zero attached hydrogens (tertiary/aromatic N) is 1. The molecule has 1 aliphatic rings. The highest BCUT2D eigenvalue weighted by molar-refractivity contribution is 7.20. The van der Waals surface area contributed by atoms with E-state index < -0.39 is 0 Å². The van der Waals surface area contributed by atoms with Crippen molar-refractivity contribution in [1.82, 2.24) is 4.98 Å². The fraction of sp³-hybridized carbons (Fsp3) is 0.381. The van der Waals surface area contributed by atoms with Gasteiger partial charge in [0.1, 0.15) is 5.01 Å². The van der Waals surface area contributed by atoms with Crippen LogP contribution >= 0.6 is 11.3 Å². The number of rotatable bonds is 5. The van der Waals surface area contributed by atoms with E-state index in [0.29, 0.717) is 13.2 Å². The van der Waals surface area contributed by atoms with E-state index >= 15 is 0 Å². The highest BCUT2D eigenvalue weighted by Gasteiger charge is 2.52. The summed E-state index contributed by atoms with van der Waals surface area (Å²) in [7, 11) is -0.378. The molecule has 2 aromatic carbocycles. The zero-order chi connectivity index (χ0) is 19.1. The minimum absolute atomic E-state index is 0.355. The quantitative estimate of drug-likeness (QED) is 0.618. The molecule has 0 radical (unpaired) electrons. The van der Waals surface area contributed by atoms with Gasteiger partial charge in [-0.3, -0.25) is 0 Å². The lowest BCUT2D eigenvalue weighted by atomic mass is 9.79. The van der Waals surface area contributed by atoms with Gasteiger partial charge in [-0.15, -0.1) is 11.3 Å². The Hall–Kier alpha value is -1.73. The Morgan fingerprint density at radius 1 is 0.926 bits per heavy atom. The minimum atomic E-state index is -0.378. The molecule has 3 aromatic rings. The van der Waals surface area contributed by atoms with Crippen LogP contribution in [0.15, 0.2) is 48.5 Å². The Morgan fingerprint density at radius 3 is 2.33 bits per heavy atom. The molecule has 4 rings (SSSR count). The predicted molar refractivity (Wildman–Crippen MR) is 110 cm³/mol. The minimum Gasteiger partial charge on any atom is -0.399 e. The zero-order valence-electron chi connectivity index (χ0n) is 16.2. The number of ether oxygens (including phenoxy) is 1. The van der Waals surface area contributed by atoms with Crippen molar-refractivity contribution in [3.8, 4) is 0 Å². The van der Waals surface area contributed by atoms with Crippen molar-refractivity contribution in [2.45, 2.75) is 52.1 Å².